The van der Waals surface area contributed by atoms with Crippen LogP contribution in [0.1, 0.15) is 16.8 Å². The molecule has 8 heteroatoms. The van der Waals surface area contributed by atoms with E-state index in [1.165, 1.54) is 12.1 Å². The molecule has 0 aliphatic carbocycles. The van der Waals surface area contributed by atoms with Crippen molar-refractivity contribution in [2.75, 3.05) is 10.0 Å². The van der Waals surface area contributed by atoms with E-state index in [0.717, 1.165) is 11.3 Å². The summed E-state index contributed by atoms with van der Waals surface area (Å²) in [5.41, 5.74) is 3.60. The fourth-order valence-corrected chi connectivity index (χ4v) is 3.26. The Hall–Kier alpha value is -3.13. The van der Waals surface area contributed by atoms with Gasteiger partial charge < -0.3 is 9.84 Å². The smallest absolute Gasteiger partial charge is 0.264 e. The normalized spacial score (nSPS) is 11.2. The summed E-state index contributed by atoms with van der Waals surface area (Å²) in [5.74, 6) is 0.121. The van der Waals surface area contributed by atoms with Crippen LogP contribution >= 0.6 is 0 Å². The second kappa shape index (κ2) is 7.01. The van der Waals surface area contributed by atoms with Crippen LogP contribution in [-0.2, 0) is 10.0 Å². The highest BCUT2D eigenvalue weighted by Gasteiger charge is 2.19. The molecule has 0 radical (unpaired) electrons. The van der Waals surface area contributed by atoms with Crippen molar-refractivity contribution in [2.45, 2.75) is 18.7 Å². The predicted molar refractivity (Wildman–Crippen MR) is 100 cm³/mol. The lowest BCUT2D eigenvalue weighted by Gasteiger charge is -2.11. The molecule has 0 saturated heterocycles. The summed E-state index contributed by atoms with van der Waals surface area (Å²) in [6, 6.07) is 10.0. The first kappa shape index (κ1) is 17.7. The van der Waals surface area contributed by atoms with Crippen molar-refractivity contribution in [1.29, 1.82) is 0 Å². The highest BCUT2D eigenvalue weighted by atomic mass is 32.2. The first-order valence-corrected chi connectivity index (χ1v) is 9.27. The maximum atomic E-state index is 12.5. The Kier molecular flexibility index (Phi) is 4.77. The Morgan fingerprint density at radius 3 is 2.31 bits per heavy atom. The van der Waals surface area contributed by atoms with Crippen LogP contribution in [0.2, 0.25) is 0 Å². The van der Waals surface area contributed by atoms with Gasteiger partial charge in [-0.15, -0.1) is 0 Å². The molecule has 26 heavy (non-hydrogen) atoms. The maximum absolute atomic E-state index is 12.5. The monoisotopic (exact) mass is 370 g/mol. The highest BCUT2D eigenvalue weighted by Crippen LogP contribution is 2.23. The van der Waals surface area contributed by atoms with Crippen molar-refractivity contribution in [3.63, 3.8) is 0 Å². The molecular formula is C18H18N4O3S. The van der Waals surface area contributed by atoms with Crippen molar-refractivity contribution in [3.8, 4) is 0 Å². The van der Waals surface area contributed by atoms with E-state index in [1.807, 2.05) is 12.1 Å². The number of rotatable bonds is 6. The van der Waals surface area contributed by atoms with Gasteiger partial charge in [-0.25, -0.2) is 13.1 Å². The number of anilines is 2. The molecule has 0 saturated carbocycles. The molecule has 2 aromatic heterocycles. The van der Waals surface area contributed by atoms with E-state index in [4.69, 9.17) is 4.52 Å². The van der Waals surface area contributed by atoms with E-state index < -0.39 is 10.0 Å². The number of aryl methyl sites for hydroxylation is 1. The lowest BCUT2D eigenvalue weighted by molar-refractivity contribution is 0.430. The third-order valence-electron chi connectivity index (χ3n) is 3.87. The van der Waals surface area contributed by atoms with Gasteiger partial charge in [-0.3, -0.25) is 4.98 Å². The molecule has 0 amide bonds. The molecule has 134 valence electrons. The van der Waals surface area contributed by atoms with Crippen molar-refractivity contribution < 1.29 is 12.9 Å². The minimum atomic E-state index is -3.76. The Labute approximate surface area is 151 Å². The van der Waals surface area contributed by atoms with E-state index in [-0.39, 0.29) is 10.8 Å². The average Bonchev–Trinajstić information content (AvgIpc) is 2.94. The number of nitrogens with one attached hydrogen (secondary N) is 2. The van der Waals surface area contributed by atoms with Gasteiger partial charge in [0.25, 0.3) is 10.0 Å². The maximum Gasteiger partial charge on any atom is 0.264 e. The first-order valence-electron chi connectivity index (χ1n) is 7.79. The third-order valence-corrected chi connectivity index (χ3v) is 5.22. The zero-order valence-corrected chi connectivity index (χ0v) is 15.2. The fraction of sp³-hybridized carbons (Fsp3) is 0.111. The third kappa shape index (κ3) is 3.75. The molecule has 3 aromatic rings. The van der Waals surface area contributed by atoms with Gasteiger partial charge in [0.1, 0.15) is 0 Å². The molecule has 0 aliphatic heterocycles. The van der Waals surface area contributed by atoms with E-state index in [2.05, 4.69) is 26.8 Å². The molecule has 2 heterocycles. The summed E-state index contributed by atoms with van der Waals surface area (Å²) in [5, 5.41) is 6.88. The zero-order chi connectivity index (χ0) is 18.7. The number of sulfonamides is 1. The van der Waals surface area contributed by atoms with Crippen LogP contribution < -0.4 is 10.0 Å². The summed E-state index contributed by atoms with van der Waals surface area (Å²) in [6.07, 6.45) is 3.35. The molecule has 2 N–H and O–H groups in total. The van der Waals surface area contributed by atoms with Gasteiger partial charge in [-0.2, -0.15) is 0 Å². The van der Waals surface area contributed by atoms with Crippen LogP contribution in [0.5, 0.6) is 0 Å². The highest BCUT2D eigenvalue weighted by molar-refractivity contribution is 7.92. The van der Waals surface area contributed by atoms with Crippen molar-refractivity contribution in [3.05, 3.63) is 72.2 Å². The van der Waals surface area contributed by atoms with Gasteiger partial charge in [-0.05, 0) is 50.2 Å². The Balaban J connectivity index is 1.74. The van der Waals surface area contributed by atoms with Gasteiger partial charge >= 0.3 is 0 Å². The fourth-order valence-electron chi connectivity index (χ4n) is 2.21. The van der Waals surface area contributed by atoms with Crippen molar-refractivity contribution >= 4 is 27.3 Å². The molecule has 3 rings (SSSR count). The SMILES string of the molecule is C=C(Nc1ccc(S(=O)(=O)Nc2onc(C)c2C)cc1)c1ccncc1. The second-order valence-electron chi connectivity index (χ2n) is 5.69. The molecule has 7 nitrogen and oxygen atoms in total. The van der Waals surface area contributed by atoms with Crippen LogP contribution in [0.25, 0.3) is 5.70 Å². The average molecular weight is 370 g/mol. The molecule has 0 fully saturated rings. The standard InChI is InChI=1S/C18H18N4O3S/c1-12-13(2)21-25-18(12)22-26(23,24)17-6-4-16(5-7-17)20-14(3)15-8-10-19-11-9-15/h4-11,20,22H,3H2,1-2H3. The van der Waals surface area contributed by atoms with Crippen LogP contribution in [0.15, 0.2) is 64.8 Å². The number of hydrogen-bond donors (Lipinski definition) is 2. The number of aromatic nitrogens is 2. The number of pyridine rings is 1. The van der Waals surface area contributed by atoms with E-state index in [1.54, 1.807) is 38.4 Å². The second-order valence-corrected chi connectivity index (χ2v) is 7.37. The van der Waals surface area contributed by atoms with Gasteiger partial charge in [-0.1, -0.05) is 11.7 Å². The summed E-state index contributed by atoms with van der Waals surface area (Å²) >= 11 is 0. The van der Waals surface area contributed by atoms with E-state index >= 15 is 0 Å². The molecule has 0 unspecified atom stereocenters. The van der Waals surface area contributed by atoms with Crippen molar-refractivity contribution in [1.82, 2.24) is 10.1 Å². The first-order chi connectivity index (χ1) is 12.4. The van der Waals surface area contributed by atoms with Crippen LogP contribution in [-0.4, -0.2) is 18.6 Å². The van der Waals surface area contributed by atoms with Crippen LogP contribution in [0.3, 0.4) is 0 Å². The Morgan fingerprint density at radius 1 is 1.08 bits per heavy atom. The van der Waals surface area contributed by atoms with E-state index in [0.29, 0.717) is 17.0 Å². The van der Waals surface area contributed by atoms with Crippen LogP contribution in [0.4, 0.5) is 11.6 Å². The summed E-state index contributed by atoms with van der Waals surface area (Å²) in [7, 11) is -3.76. The summed E-state index contributed by atoms with van der Waals surface area (Å²) in [6.45, 7) is 7.45. The zero-order valence-electron chi connectivity index (χ0n) is 14.4. The summed E-state index contributed by atoms with van der Waals surface area (Å²) < 4.78 is 32.4. The number of nitrogens with zero attached hydrogens (tertiary/aromatic N) is 2. The minimum Gasteiger partial charge on any atom is -0.356 e. The number of benzene rings is 1. The molecule has 1 aromatic carbocycles. The van der Waals surface area contributed by atoms with Crippen LogP contribution in [0, 0.1) is 13.8 Å². The topological polar surface area (TPSA) is 97.1 Å². The molecule has 0 bridgehead atoms. The van der Waals surface area contributed by atoms with Crippen molar-refractivity contribution in [2.24, 2.45) is 0 Å². The number of hydrogen-bond acceptors (Lipinski definition) is 6. The summed E-state index contributed by atoms with van der Waals surface area (Å²) in [4.78, 5) is 4.08. The Bertz CT molecular complexity index is 1030. The lowest BCUT2D eigenvalue weighted by Crippen LogP contribution is -2.13. The predicted octanol–water partition coefficient (Wildman–Crippen LogP) is 3.57. The van der Waals surface area contributed by atoms with Gasteiger partial charge in [0.2, 0.25) is 5.88 Å². The molecule has 0 spiro atoms. The quantitative estimate of drug-likeness (QED) is 0.688. The molecule has 0 aliphatic rings. The molecular weight excluding hydrogens is 352 g/mol. The minimum absolute atomic E-state index is 0.117. The van der Waals surface area contributed by atoms with E-state index in [9.17, 15) is 8.42 Å². The Morgan fingerprint density at radius 2 is 1.73 bits per heavy atom. The van der Waals surface area contributed by atoms with Gasteiger partial charge in [0.15, 0.2) is 0 Å². The largest absolute Gasteiger partial charge is 0.356 e. The lowest BCUT2D eigenvalue weighted by atomic mass is 10.2. The molecule has 0 atom stereocenters. The van der Waals surface area contributed by atoms with Gasteiger partial charge in [0.05, 0.1) is 10.6 Å². The van der Waals surface area contributed by atoms with Gasteiger partial charge in [0, 0.05) is 34.9 Å².